The van der Waals surface area contributed by atoms with Gasteiger partial charge >= 0.3 is 0 Å². The summed E-state index contributed by atoms with van der Waals surface area (Å²) in [7, 11) is 1.83. The molecule has 0 aliphatic carbocycles. The van der Waals surface area contributed by atoms with Crippen LogP contribution in [0.25, 0.3) is 0 Å². The van der Waals surface area contributed by atoms with Gasteiger partial charge in [0.1, 0.15) is 0 Å². The molecule has 6 nitrogen and oxygen atoms in total. The molecule has 0 saturated carbocycles. The summed E-state index contributed by atoms with van der Waals surface area (Å²) in [5.41, 5.74) is 0. The summed E-state index contributed by atoms with van der Waals surface area (Å²) >= 11 is 0. The molecular formula is C15H27N5O. The Balaban J connectivity index is 1.97. The molecule has 2 N–H and O–H groups in total. The molecular weight excluding hydrogens is 266 g/mol. The molecule has 1 aliphatic rings. The van der Waals surface area contributed by atoms with E-state index in [1.54, 1.807) is 4.68 Å². The Morgan fingerprint density at radius 3 is 2.67 bits per heavy atom. The van der Waals surface area contributed by atoms with Gasteiger partial charge in [0.15, 0.2) is 5.82 Å². The van der Waals surface area contributed by atoms with Crippen molar-refractivity contribution < 1.29 is 4.79 Å². The lowest BCUT2D eigenvalue weighted by atomic mass is 9.94. The van der Waals surface area contributed by atoms with E-state index in [1.807, 2.05) is 7.05 Å². The van der Waals surface area contributed by atoms with Crippen LogP contribution in [0.4, 0.5) is 5.95 Å². The summed E-state index contributed by atoms with van der Waals surface area (Å²) in [4.78, 5) is 16.6. The van der Waals surface area contributed by atoms with E-state index in [-0.39, 0.29) is 5.91 Å². The number of aromatic nitrogens is 3. The van der Waals surface area contributed by atoms with Crippen LogP contribution >= 0.6 is 0 Å². The van der Waals surface area contributed by atoms with Crippen LogP contribution in [0.5, 0.6) is 0 Å². The highest BCUT2D eigenvalue weighted by molar-refractivity contribution is 5.89. The van der Waals surface area contributed by atoms with Crippen molar-refractivity contribution in [2.75, 3.05) is 18.4 Å². The molecule has 21 heavy (non-hydrogen) atoms. The van der Waals surface area contributed by atoms with E-state index < -0.39 is 0 Å². The van der Waals surface area contributed by atoms with Gasteiger partial charge in [-0.05, 0) is 37.8 Å². The molecule has 1 saturated heterocycles. The molecule has 1 aromatic rings. The van der Waals surface area contributed by atoms with Crippen molar-refractivity contribution in [1.29, 1.82) is 0 Å². The van der Waals surface area contributed by atoms with E-state index >= 15 is 0 Å². The third kappa shape index (κ3) is 4.27. The number of nitrogens with zero attached hydrogens (tertiary/aromatic N) is 3. The fraction of sp³-hybridized carbons (Fsp3) is 0.800. The second kappa shape index (κ2) is 7.02. The molecule has 6 heteroatoms. The number of carbonyl (C=O) groups is 1. The van der Waals surface area contributed by atoms with E-state index in [0.717, 1.165) is 31.8 Å². The van der Waals surface area contributed by atoms with Crippen LogP contribution in [0, 0.1) is 11.8 Å². The maximum atomic E-state index is 12.1. The molecule has 0 bridgehead atoms. The first-order chi connectivity index (χ1) is 9.97. The Hall–Kier alpha value is -1.43. The van der Waals surface area contributed by atoms with Gasteiger partial charge in [0, 0.05) is 19.4 Å². The monoisotopic (exact) mass is 293 g/mol. The highest BCUT2D eigenvalue weighted by atomic mass is 16.1. The van der Waals surface area contributed by atoms with Crippen LogP contribution in [0.1, 0.15) is 51.8 Å². The molecule has 0 spiro atoms. The lowest BCUT2D eigenvalue weighted by Crippen LogP contribution is -2.27. The Bertz CT molecular complexity index is 476. The van der Waals surface area contributed by atoms with E-state index in [9.17, 15) is 4.79 Å². The molecule has 0 radical (unpaired) electrons. The van der Waals surface area contributed by atoms with Crippen molar-refractivity contribution in [3.05, 3.63) is 5.82 Å². The molecule has 1 amide bonds. The van der Waals surface area contributed by atoms with Crippen molar-refractivity contribution in [3.63, 3.8) is 0 Å². The number of aryl methyl sites for hydroxylation is 1. The van der Waals surface area contributed by atoms with Crippen molar-refractivity contribution in [3.8, 4) is 0 Å². The van der Waals surface area contributed by atoms with Crippen LogP contribution in [-0.2, 0) is 11.8 Å². The Morgan fingerprint density at radius 1 is 1.38 bits per heavy atom. The summed E-state index contributed by atoms with van der Waals surface area (Å²) in [5, 5.41) is 10.7. The molecule has 2 rings (SSSR count). The number of rotatable bonds is 5. The van der Waals surface area contributed by atoms with Gasteiger partial charge in [-0.25, -0.2) is 4.68 Å². The first-order valence-corrected chi connectivity index (χ1v) is 7.89. The van der Waals surface area contributed by atoms with Gasteiger partial charge in [-0.3, -0.25) is 10.1 Å². The van der Waals surface area contributed by atoms with Crippen molar-refractivity contribution in [2.45, 2.75) is 46.0 Å². The summed E-state index contributed by atoms with van der Waals surface area (Å²) < 4.78 is 1.68. The van der Waals surface area contributed by atoms with Crippen LogP contribution in [-0.4, -0.2) is 33.8 Å². The van der Waals surface area contributed by atoms with Gasteiger partial charge in [0.05, 0.1) is 0 Å². The number of carbonyl (C=O) groups excluding carboxylic acids is 1. The first kappa shape index (κ1) is 15.9. The van der Waals surface area contributed by atoms with E-state index in [4.69, 9.17) is 0 Å². The molecule has 118 valence electrons. The third-order valence-electron chi connectivity index (χ3n) is 4.38. The second-order valence-electron chi connectivity index (χ2n) is 6.42. The summed E-state index contributed by atoms with van der Waals surface area (Å²) in [6.45, 7) is 8.39. The van der Waals surface area contributed by atoms with Gasteiger partial charge < -0.3 is 5.32 Å². The van der Waals surface area contributed by atoms with Crippen LogP contribution in [0.3, 0.4) is 0 Å². The summed E-state index contributed by atoms with van der Waals surface area (Å²) in [6, 6.07) is 0. The Morgan fingerprint density at radius 2 is 2.05 bits per heavy atom. The van der Waals surface area contributed by atoms with Crippen LogP contribution in [0.2, 0.25) is 0 Å². The Kier molecular flexibility index (Phi) is 5.33. The van der Waals surface area contributed by atoms with Crippen LogP contribution in [0.15, 0.2) is 0 Å². The maximum absolute atomic E-state index is 12.1. The molecule has 1 aromatic heterocycles. The van der Waals surface area contributed by atoms with Gasteiger partial charge in [-0.1, -0.05) is 20.8 Å². The third-order valence-corrected chi connectivity index (χ3v) is 4.38. The van der Waals surface area contributed by atoms with Crippen molar-refractivity contribution >= 4 is 11.9 Å². The molecule has 1 atom stereocenters. The molecule has 0 aromatic carbocycles. The lowest BCUT2D eigenvalue weighted by molar-refractivity contribution is -0.117. The highest BCUT2D eigenvalue weighted by Gasteiger charge is 2.21. The van der Waals surface area contributed by atoms with E-state index in [0.29, 0.717) is 30.1 Å². The average molecular weight is 293 g/mol. The number of anilines is 1. The topological polar surface area (TPSA) is 71.8 Å². The predicted octanol–water partition coefficient (Wildman–Crippen LogP) is 1.90. The largest absolute Gasteiger partial charge is 0.317 e. The average Bonchev–Trinajstić information content (AvgIpc) is 2.81. The number of hydrogen-bond donors (Lipinski definition) is 2. The zero-order valence-corrected chi connectivity index (χ0v) is 13.5. The maximum Gasteiger partial charge on any atom is 0.227 e. The minimum Gasteiger partial charge on any atom is -0.317 e. The first-order valence-electron chi connectivity index (χ1n) is 7.89. The standard InChI is InChI=1S/C15H27N5O/c1-10(2)11(3)9-13(21)17-15-18-14(19-20(15)4)12-5-7-16-8-6-12/h10-12,16H,5-9H2,1-4H3,(H,17,18,19,21). The molecule has 2 heterocycles. The zero-order valence-electron chi connectivity index (χ0n) is 13.5. The second-order valence-corrected chi connectivity index (χ2v) is 6.42. The number of piperidine rings is 1. The highest BCUT2D eigenvalue weighted by Crippen LogP contribution is 2.23. The normalized spacial score (nSPS) is 18.0. The number of hydrogen-bond acceptors (Lipinski definition) is 4. The van der Waals surface area contributed by atoms with Gasteiger partial charge in [0.2, 0.25) is 11.9 Å². The van der Waals surface area contributed by atoms with E-state index in [1.165, 1.54) is 0 Å². The van der Waals surface area contributed by atoms with E-state index in [2.05, 4.69) is 41.5 Å². The van der Waals surface area contributed by atoms with Crippen molar-refractivity contribution in [1.82, 2.24) is 20.1 Å². The minimum atomic E-state index is 0.0172. The van der Waals surface area contributed by atoms with Crippen LogP contribution < -0.4 is 10.6 Å². The minimum absolute atomic E-state index is 0.0172. The van der Waals surface area contributed by atoms with Gasteiger partial charge in [-0.2, -0.15) is 10.1 Å². The summed E-state index contributed by atoms with van der Waals surface area (Å²) in [5.74, 6) is 2.69. The zero-order chi connectivity index (χ0) is 15.4. The lowest BCUT2D eigenvalue weighted by Gasteiger charge is -2.19. The fourth-order valence-corrected chi connectivity index (χ4v) is 2.47. The smallest absolute Gasteiger partial charge is 0.227 e. The molecule has 1 fully saturated rings. The molecule has 1 unspecified atom stereocenters. The number of nitrogens with one attached hydrogen (secondary N) is 2. The molecule has 1 aliphatic heterocycles. The van der Waals surface area contributed by atoms with Gasteiger partial charge in [-0.15, -0.1) is 0 Å². The predicted molar refractivity (Wildman–Crippen MR) is 83.1 cm³/mol. The van der Waals surface area contributed by atoms with Gasteiger partial charge in [0.25, 0.3) is 0 Å². The fourth-order valence-electron chi connectivity index (χ4n) is 2.47. The quantitative estimate of drug-likeness (QED) is 0.870. The SMILES string of the molecule is CC(C)C(C)CC(=O)Nc1nc(C2CCNCC2)nn1C. The summed E-state index contributed by atoms with van der Waals surface area (Å²) in [6.07, 6.45) is 2.64. The number of amides is 1. The Labute approximate surface area is 126 Å². The van der Waals surface area contributed by atoms with Crippen molar-refractivity contribution in [2.24, 2.45) is 18.9 Å².